The Kier molecular flexibility index (Phi) is 4.81. The molecule has 1 aromatic rings. The molecule has 1 unspecified atom stereocenters. The Hall–Kier alpha value is -1.08. The van der Waals surface area contributed by atoms with Gasteiger partial charge in [-0.25, -0.2) is 13.4 Å². The third-order valence-corrected chi connectivity index (χ3v) is 5.65. The lowest BCUT2D eigenvalue weighted by Gasteiger charge is -2.13. The first kappa shape index (κ1) is 14.3. The van der Waals surface area contributed by atoms with Gasteiger partial charge in [-0.2, -0.15) is 0 Å². The van der Waals surface area contributed by atoms with Gasteiger partial charge in [-0.3, -0.25) is 0 Å². The Morgan fingerprint density at radius 2 is 2.42 bits per heavy atom. The second-order valence-electron chi connectivity index (χ2n) is 4.81. The number of hydrogen-bond donors (Lipinski definition) is 1. The van der Waals surface area contributed by atoms with Gasteiger partial charge >= 0.3 is 0 Å². The fraction of sp³-hybridized carbons (Fsp3) is 0.750. The molecule has 2 rings (SSSR count). The Bertz CT molecular complexity index is 498. The zero-order valence-electron chi connectivity index (χ0n) is 11.2. The smallest absolute Gasteiger partial charge is 0.202 e. The molecule has 1 aliphatic heterocycles. The van der Waals surface area contributed by atoms with E-state index in [1.807, 2.05) is 10.8 Å². The molecule has 0 radical (unpaired) electrons. The number of anilines is 1. The minimum absolute atomic E-state index is 0.263. The maximum absolute atomic E-state index is 11.8. The highest BCUT2D eigenvalue weighted by Gasteiger charge is 2.31. The van der Waals surface area contributed by atoms with Gasteiger partial charge in [0.15, 0.2) is 9.84 Å². The highest BCUT2D eigenvalue weighted by Crippen LogP contribution is 2.22. The fourth-order valence-electron chi connectivity index (χ4n) is 2.32. The molecular formula is C12H21N3O3S. The number of methoxy groups -OCH3 is 1. The molecule has 1 N–H and O–H groups in total. The van der Waals surface area contributed by atoms with Crippen LogP contribution in [0, 0.1) is 0 Å². The molecule has 6 nitrogen and oxygen atoms in total. The Morgan fingerprint density at radius 3 is 3.11 bits per heavy atom. The summed E-state index contributed by atoms with van der Waals surface area (Å²) >= 11 is 0. The predicted molar refractivity (Wildman–Crippen MR) is 74.0 cm³/mol. The summed E-state index contributed by atoms with van der Waals surface area (Å²) in [5.74, 6) is 1.06. The second-order valence-corrected chi connectivity index (χ2v) is 7.21. The van der Waals surface area contributed by atoms with E-state index < -0.39 is 9.84 Å². The van der Waals surface area contributed by atoms with Crippen LogP contribution >= 0.6 is 0 Å². The van der Waals surface area contributed by atoms with Crippen LogP contribution in [-0.2, 0) is 21.1 Å². The van der Waals surface area contributed by atoms with Gasteiger partial charge in [0.05, 0.1) is 11.0 Å². The van der Waals surface area contributed by atoms with Crippen molar-refractivity contribution in [1.82, 2.24) is 9.55 Å². The van der Waals surface area contributed by atoms with Crippen molar-refractivity contribution in [2.75, 3.05) is 31.3 Å². The fourth-order valence-corrected chi connectivity index (χ4v) is 4.14. The Morgan fingerprint density at radius 1 is 1.58 bits per heavy atom. The quantitative estimate of drug-likeness (QED) is 0.755. The van der Waals surface area contributed by atoms with Crippen molar-refractivity contribution in [1.29, 1.82) is 0 Å². The van der Waals surface area contributed by atoms with Crippen LogP contribution in [0.15, 0.2) is 12.4 Å². The van der Waals surface area contributed by atoms with Crippen molar-refractivity contribution in [3.05, 3.63) is 12.4 Å². The topological polar surface area (TPSA) is 73.2 Å². The van der Waals surface area contributed by atoms with E-state index in [4.69, 9.17) is 4.74 Å². The van der Waals surface area contributed by atoms with E-state index in [2.05, 4.69) is 10.3 Å². The van der Waals surface area contributed by atoms with Crippen molar-refractivity contribution >= 4 is 15.8 Å². The highest BCUT2D eigenvalue weighted by molar-refractivity contribution is 7.92. The summed E-state index contributed by atoms with van der Waals surface area (Å²) in [6.45, 7) is 1.96. The van der Waals surface area contributed by atoms with E-state index in [9.17, 15) is 8.42 Å². The normalized spacial score (nSPS) is 21.6. The Labute approximate surface area is 114 Å². The van der Waals surface area contributed by atoms with Crippen molar-refractivity contribution in [3.63, 3.8) is 0 Å². The maximum Gasteiger partial charge on any atom is 0.202 e. The number of imidazole rings is 1. The Balaban J connectivity index is 1.92. The molecule has 1 aliphatic rings. The van der Waals surface area contributed by atoms with E-state index in [1.165, 1.54) is 0 Å². The van der Waals surface area contributed by atoms with E-state index >= 15 is 0 Å². The molecular weight excluding hydrogens is 266 g/mol. The number of ether oxygens (including phenoxy) is 1. The average Bonchev–Trinajstić information content (AvgIpc) is 2.93. The first-order valence-electron chi connectivity index (χ1n) is 6.59. The monoisotopic (exact) mass is 287 g/mol. The van der Waals surface area contributed by atoms with Crippen LogP contribution in [0.3, 0.4) is 0 Å². The predicted octanol–water partition coefficient (Wildman–Crippen LogP) is 0.909. The summed E-state index contributed by atoms with van der Waals surface area (Å²) in [5, 5.41) is 2.94. The van der Waals surface area contributed by atoms with E-state index in [-0.39, 0.29) is 5.25 Å². The molecule has 0 saturated carbocycles. The van der Waals surface area contributed by atoms with Gasteiger partial charge in [0.1, 0.15) is 0 Å². The van der Waals surface area contributed by atoms with Crippen LogP contribution in [0.4, 0.5) is 5.95 Å². The van der Waals surface area contributed by atoms with Gasteiger partial charge in [0, 0.05) is 39.2 Å². The average molecular weight is 287 g/mol. The van der Waals surface area contributed by atoms with Crippen molar-refractivity contribution < 1.29 is 13.2 Å². The molecule has 1 aromatic heterocycles. The molecule has 1 atom stereocenters. The summed E-state index contributed by atoms with van der Waals surface area (Å²) in [5.41, 5.74) is 0. The molecule has 19 heavy (non-hydrogen) atoms. The first-order chi connectivity index (χ1) is 9.13. The molecule has 0 aliphatic carbocycles. The van der Waals surface area contributed by atoms with Gasteiger partial charge in [0.25, 0.3) is 0 Å². The summed E-state index contributed by atoms with van der Waals surface area (Å²) in [6, 6.07) is 0. The molecule has 0 spiro atoms. The third kappa shape index (κ3) is 3.70. The van der Waals surface area contributed by atoms with Gasteiger partial charge < -0.3 is 14.6 Å². The SMILES string of the molecule is COCCCNc1nccn1CC1CCCS1(=O)=O. The number of rotatable bonds is 7. The summed E-state index contributed by atoms with van der Waals surface area (Å²) in [7, 11) is -1.23. The summed E-state index contributed by atoms with van der Waals surface area (Å²) in [6.07, 6.45) is 5.94. The molecule has 0 aromatic carbocycles. The van der Waals surface area contributed by atoms with Gasteiger partial charge in [-0.15, -0.1) is 0 Å². The van der Waals surface area contributed by atoms with E-state index in [0.29, 0.717) is 18.9 Å². The molecule has 0 amide bonds. The zero-order valence-corrected chi connectivity index (χ0v) is 12.0. The van der Waals surface area contributed by atoms with Gasteiger partial charge in [0.2, 0.25) is 5.95 Å². The lowest BCUT2D eigenvalue weighted by molar-refractivity contribution is 0.197. The lowest BCUT2D eigenvalue weighted by atomic mass is 10.2. The van der Waals surface area contributed by atoms with E-state index in [0.717, 1.165) is 31.8 Å². The molecule has 0 bridgehead atoms. The van der Waals surface area contributed by atoms with Crippen LogP contribution < -0.4 is 5.32 Å². The van der Waals surface area contributed by atoms with Gasteiger partial charge in [-0.1, -0.05) is 0 Å². The number of sulfone groups is 1. The maximum atomic E-state index is 11.8. The zero-order chi connectivity index (χ0) is 13.7. The van der Waals surface area contributed by atoms with Crippen LogP contribution in [0.2, 0.25) is 0 Å². The molecule has 108 valence electrons. The number of aromatic nitrogens is 2. The molecule has 7 heteroatoms. The van der Waals surface area contributed by atoms with Crippen molar-refractivity contribution in [2.45, 2.75) is 31.1 Å². The van der Waals surface area contributed by atoms with Crippen LogP contribution in [0.5, 0.6) is 0 Å². The standard InChI is InChI=1S/C12H21N3O3S/c1-18-8-3-5-13-12-14-6-7-15(12)10-11-4-2-9-19(11,16)17/h6-7,11H,2-5,8-10H2,1H3,(H,13,14). The van der Waals surface area contributed by atoms with Crippen LogP contribution in [0.25, 0.3) is 0 Å². The minimum atomic E-state index is -2.91. The van der Waals surface area contributed by atoms with Crippen LogP contribution in [-0.4, -0.2) is 49.2 Å². The minimum Gasteiger partial charge on any atom is -0.385 e. The van der Waals surface area contributed by atoms with E-state index in [1.54, 1.807) is 13.3 Å². The molecule has 1 fully saturated rings. The van der Waals surface area contributed by atoms with Crippen LogP contribution in [0.1, 0.15) is 19.3 Å². The third-order valence-electron chi connectivity index (χ3n) is 3.39. The molecule has 2 heterocycles. The second kappa shape index (κ2) is 6.38. The van der Waals surface area contributed by atoms with Crippen molar-refractivity contribution in [3.8, 4) is 0 Å². The number of hydrogen-bond acceptors (Lipinski definition) is 5. The first-order valence-corrected chi connectivity index (χ1v) is 8.30. The summed E-state index contributed by atoms with van der Waals surface area (Å²) < 4.78 is 30.5. The van der Waals surface area contributed by atoms with Gasteiger partial charge in [-0.05, 0) is 19.3 Å². The molecule has 1 saturated heterocycles. The van der Waals surface area contributed by atoms with Crippen molar-refractivity contribution in [2.24, 2.45) is 0 Å². The largest absolute Gasteiger partial charge is 0.385 e. The highest BCUT2D eigenvalue weighted by atomic mass is 32.2. The number of nitrogens with zero attached hydrogens (tertiary/aromatic N) is 2. The lowest BCUT2D eigenvalue weighted by Crippen LogP contribution is -2.23. The summed E-state index contributed by atoms with van der Waals surface area (Å²) in [4.78, 5) is 4.22. The number of nitrogens with one attached hydrogen (secondary N) is 1.